The highest BCUT2D eigenvalue weighted by Gasteiger charge is 2.06. The van der Waals surface area contributed by atoms with Crippen molar-refractivity contribution in [3.05, 3.63) is 22.3 Å². The van der Waals surface area contributed by atoms with Crippen molar-refractivity contribution >= 4 is 27.7 Å². The number of nitrogens with two attached hydrogens (primary N) is 1. The van der Waals surface area contributed by atoms with Crippen LogP contribution >= 0.6 is 15.9 Å². The predicted octanol–water partition coefficient (Wildman–Crippen LogP) is 0.489. The number of pyridine rings is 1. The van der Waals surface area contributed by atoms with Crippen LogP contribution in [-0.2, 0) is 0 Å². The van der Waals surface area contributed by atoms with Gasteiger partial charge in [-0.3, -0.25) is 4.79 Å². The van der Waals surface area contributed by atoms with Crippen LogP contribution in [-0.4, -0.2) is 17.9 Å². The second kappa shape index (κ2) is 4.20. The molecule has 70 valence electrons. The molecular formula is C7H9BrN4O. The van der Waals surface area contributed by atoms with Gasteiger partial charge < -0.3 is 10.7 Å². The summed E-state index contributed by atoms with van der Waals surface area (Å²) in [5.41, 5.74) is 2.87. The number of anilines is 1. The van der Waals surface area contributed by atoms with E-state index in [0.717, 1.165) is 0 Å². The standard InChI is InChI=1S/C7H9BrN4O/c1-10-7(13)4-2-5(8)6(12-9)11-3-4/h2-3H,9H2,1H3,(H,10,13)(H,11,12). The summed E-state index contributed by atoms with van der Waals surface area (Å²) >= 11 is 3.22. The van der Waals surface area contributed by atoms with Gasteiger partial charge >= 0.3 is 0 Å². The van der Waals surface area contributed by atoms with E-state index in [1.54, 1.807) is 13.1 Å². The van der Waals surface area contributed by atoms with E-state index in [4.69, 9.17) is 5.84 Å². The van der Waals surface area contributed by atoms with Gasteiger partial charge in [0.25, 0.3) is 5.91 Å². The molecule has 1 aromatic rings. The molecule has 4 N–H and O–H groups in total. The minimum Gasteiger partial charge on any atom is -0.355 e. The van der Waals surface area contributed by atoms with Gasteiger partial charge in [0.2, 0.25) is 0 Å². The van der Waals surface area contributed by atoms with Crippen molar-refractivity contribution < 1.29 is 4.79 Å². The van der Waals surface area contributed by atoms with E-state index >= 15 is 0 Å². The molecule has 0 atom stereocenters. The Bertz CT molecular complexity index is 328. The Hall–Kier alpha value is -1.14. The van der Waals surface area contributed by atoms with Crippen LogP contribution in [0.3, 0.4) is 0 Å². The van der Waals surface area contributed by atoms with Gasteiger partial charge in [-0.05, 0) is 22.0 Å². The van der Waals surface area contributed by atoms with E-state index in [2.05, 4.69) is 31.7 Å². The van der Waals surface area contributed by atoms with Gasteiger partial charge in [0.1, 0.15) is 0 Å². The molecule has 0 aliphatic carbocycles. The zero-order valence-corrected chi connectivity index (χ0v) is 8.55. The average molecular weight is 245 g/mol. The summed E-state index contributed by atoms with van der Waals surface area (Å²) in [4.78, 5) is 15.1. The maximum Gasteiger partial charge on any atom is 0.252 e. The number of aromatic nitrogens is 1. The third kappa shape index (κ3) is 2.16. The first-order chi connectivity index (χ1) is 6.19. The van der Waals surface area contributed by atoms with Gasteiger partial charge in [-0.25, -0.2) is 10.8 Å². The van der Waals surface area contributed by atoms with Crippen LogP contribution < -0.4 is 16.6 Å². The Morgan fingerprint density at radius 1 is 1.69 bits per heavy atom. The largest absolute Gasteiger partial charge is 0.355 e. The number of nitrogens with zero attached hydrogens (tertiary/aromatic N) is 1. The zero-order valence-electron chi connectivity index (χ0n) is 6.97. The molecule has 0 radical (unpaired) electrons. The molecular weight excluding hydrogens is 236 g/mol. The SMILES string of the molecule is CNC(=O)c1cnc(NN)c(Br)c1. The monoisotopic (exact) mass is 244 g/mol. The summed E-state index contributed by atoms with van der Waals surface area (Å²) in [6.45, 7) is 0. The highest BCUT2D eigenvalue weighted by molar-refractivity contribution is 9.10. The second-order valence-corrected chi connectivity index (χ2v) is 3.13. The van der Waals surface area contributed by atoms with E-state index < -0.39 is 0 Å². The summed E-state index contributed by atoms with van der Waals surface area (Å²) in [6.07, 6.45) is 1.44. The normalized spacial score (nSPS) is 9.46. The molecule has 0 aromatic carbocycles. The van der Waals surface area contributed by atoms with E-state index in [-0.39, 0.29) is 5.91 Å². The lowest BCUT2D eigenvalue weighted by Gasteiger charge is -2.04. The molecule has 0 saturated heterocycles. The van der Waals surface area contributed by atoms with Crippen LogP contribution in [0.15, 0.2) is 16.7 Å². The van der Waals surface area contributed by atoms with E-state index in [9.17, 15) is 4.79 Å². The number of carbonyl (C=O) groups excluding carboxylic acids is 1. The number of rotatable bonds is 2. The van der Waals surface area contributed by atoms with Crippen molar-refractivity contribution in [1.29, 1.82) is 0 Å². The summed E-state index contributed by atoms with van der Waals surface area (Å²) in [5.74, 6) is 5.48. The van der Waals surface area contributed by atoms with E-state index in [1.165, 1.54) is 6.20 Å². The fourth-order valence-electron chi connectivity index (χ4n) is 0.813. The van der Waals surface area contributed by atoms with Gasteiger partial charge in [0, 0.05) is 13.2 Å². The molecule has 13 heavy (non-hydrogen) atoms. The molecule has 0 unspecified atom stereocenters. The Labute approximate surface area is 83.8 Å². The van der Waals surface area contributed by atoms with Crippen molar-refractivity contribution in [2.45, 2.75) is 0 Å². The number of hydrogen-bond acceptors (Lipinski definition) is 4. The number of amides is 1. The van der Waals surface area contributed by atoms with Gasteiger partial charge in [0.15, 0.2) is 5.82 Å². The average Bonchev–Trinajstić information content (AvgIpc) is 2.16. The van der Waals surface area contributed by atoms with Crippen molar-refractivity contribution in [2.75, 3.05) is 12.5 Å². The summed E-state index contributed by atoms with van der Waals surface area (Å²) in [7, 11) is 1.56. The quantitative estimate of drug-likeness (QED) is 0.523. The van der Waals surface area contributed by atoms with Crippen LogP contribution in [0.4, 0.5) is 5.82 Å². The maximum absolute atomic E-state index is 11.1. The lowest BCUT2D eigenvalue weighted by atomic mass is 10.2. The molecule has 0 fully saturated rings. The third-order valence-corrected chi connectivity index (χ3v) is 2.07. The lowest BCUT2D eigenvalue weighted by Crippen LogP contribution is -2.18. The molecule has 1 heterocycles. The third-order valence-electron chi connectivity index (χ3n) is 1.47. The first kappa shape index (κ1) is 9.94. The minimum atomic E-state index is -0.184. The van der Waals surface area contributed by atoms with Crippen LogP contribution in [0.1, 0.15) is 10.4 Å². The molecule has 5 nitrogen and oxygen atoms in total. The number of carbonyl (C=O) groups is 1. The van der Waals surface area contributed by atoms with Crippen LogP contribution in [0, 0.1) is 0 Å². The topological polar surface area (TPSA) is 80.0 Å². The fourth-order valence-corrected chi connectivity index (χ4v) is 1.28. The molecule has 1 rings (SSSR count). The molecule has 1 amide bonds. The van der Waals surface area contributed by atoms with E-state index in [0.29, 0.717) is 15.9 Å². The van der Waals surface area contributed by atoms with Gasteiger partial charge in [-0.15, -0.1) is 0 Å². The van der Waals surface area contributed by atoms with Crippen molar-refractivity contribution in [3.8, 4) is 0 Å². The number of nitrogen functional groups attached to an aromatic ring is 1. The van der Waals surface area contributed by atoms with Crippen LogP contribution in [0.5, 0.6) is 0 Å². The minimum absolute atomic E-state index is 0.184. The molecule has 0 saturated carbocycles. The first-order valence-electron chi connectivity index (χ1n) is 3.53. The van der Waals surface area contributed by atoms with Crippen LogP contribution in [0.2, 0.25) is 0 Å². The smallest absolute Gasteiger partial charge is 0.252 e. The molecule has 6 heteroatoms. The number of halogens is 1. The summed E-state index contributed by atoms with van der Waals surface area (Å²) < 4.78 is 0.649. The molecule has 0 bridgehead atoms. The molecule has 0 spiro atoms. The Morgan fingerprint density at radius 2 is 2.38 bits per heavy atom. The zero-order chi connectivity index (χ0) is 9.84. The van der Waals surface area contributed by atoms with Crippen molar-refractivity contribution in [2.24, 2.45) is 5.84 Å². The number of hydrazine groups is 1. The molecule has 1 aromatic heterocycles. The van der Waals surface area contributed by atoms with E-state index in [1.807, 2.05) is 0 Å². The summed E-state index contributed by atoms with van der Waals surface area (Å²) in [6, 6.07) is 1.64. The second-order valence-electron chi connectivity index (χ2n) is 2.28. The van der Waals surface area contributed by atoms with Gasteiger partial charge in [-0.2, -0.15) is 0 Å². The maximum atomic E-state index is 11.1. The first-order valence-corrected chi connectivity index (χ1v) is 4.32. The Kier molecular flexibility index (Phi) is 3.21. The van der Waals surface area contributed by atoms with Crippen LogP contribution in [0.25, 0.3) is 0 Å². The molecule has 0 aliphatic heterocycles. The van der Waals surface area contributed by atoms with Gasteiger partial charge in [0.05, 0.1) is 10.0 Å². The molecule has 0 aliphatic rings. The lowest BCUT2D eigenvalue weighted by molar-refractivity contribution is 0.0962. The Balaban J connectivity index is 3.02. The summed E-state index contributed by atoms with van der Waals surface area (Å²) in [5, 5.41) is 2.49. The fraction of sp³-hybridized carbons (Fsp3) is 0.143. The predicted molar refractivity (Wildman–Crippen MR) is 53.1 cm³/mol. The van der Waals surface area contributed by atoms with Crippen molar-refractivity contribution in [1.82, 2.24) is 10.3 Å². The highest BCUT2D eigenvalue weighted by atomic mass is 79.9. The van der Waals surface area contributed by atoms with Gasteiger partial charge in [-0.1, -0.05) is 0 Å². The highest BCUT2D eigenvalue weighted by Crippen LogP contribution is 2.19. The number of hydrogen-bond donors (Lipinski definition) is 3. The van der Waals surface area contributed by atoms with Crippen molar-refractivity contribution in [3.63, 3.8) is 0 Å². The number of nitrogens with one attached hydrogen (secondary N) is 2. The Morgan fingerprint density at radius 3 is 2.85 bits per heavy atom.